The minimum atomic E-state index is -1.15. The van der Waals surface area contributed by atoms with Gasteiger partial charge in [-0.3, -0.25) is 10.1 Å². The van der Waals surface area contributed by atoms with E-state index >= 15 is 0 Å². The Bertz CT molecular complexity index is 776. The van der Waals surface area contributed by atoms with Gasteiger partial charge in [0.25, 0.3) is 5.91 Å². The van der Waals surface area contributed by atoms with Crippen LogP contribution < -0.4 is 20.1 Å². The zero-order chi connectivity index (χ0) is 22.1. The van der Waals surface area contributed by atoms with Crippen LogP contribution in [-0.4, -0.2) is 43.3 Å². The molecule has 160 valence electrons. The zero-order valence-corrected chi connectivity index (χ0v) is 18.1. The van der Waals surface area contributed by atoms with Crippen molar-refractivity contribution in [2.24, 2.45) is 0 Å². The van der Waals surface area contributed by atoms with E-state index in [0.717, 1.165) is 6.08 Å². The molecule has 0 heterocycles. The second-order valence-electron chi connectivity index (χ2n) is 6.73. The molecule has 0 spiro atoms. The molecule has 0 bridgehead atoms. The smallest absolute Gasteiger partial charge is 0.331 e. The van der Waals surface area contributed by atoms with Gasteiger partial charge in [-0.15, -0.1) is 0 Å². The third-order valence-corrected chi connectivity index (χ3v) is 3.62. The molecule has 1 atom stereocenters. The predicted molar refractivity (Wildman–Crippen MR) is 110 cm³/mol. The van der Waals surface area contributed by atoms with Crippen LogP contribution >= 0.6 is 11.6 Å². The molecule has 29 heavy (non-hydrogen) atoms. The summed E-state index contributed by atoms with van der Waals surface area (Å²) in [5.41, 5.74) is 0.577. The van der Waals surface area contributed by atoms with Crippen LogP contribution in [0.2, 0.25) is 5.02 Å². The van der Waals surface area contributed by atoms with Crippen LogP contribution in [0.1, 0.15) is 40.2 Å². The quantitative estimate of drug-likeness (QED) is 0.488. The largest absolute Gasteiger partial charge is 0.493 e. The van der Waals surface area contributed by atoms with Gasteiger partial charge in [-0.25, -0.2) is 9.59 Å². The maximum absolute atomic E-state index is 12.0. The van der Waals surface area contributed by atoms with Crippen molar-refractivity contribution in [3.8, 4) is 11.5 Å². The van der Waals surface area contributed by atoms with E-state index < -0.39 is 24.0 Å². The number of methoxy groups -OCH3 is 1. The number of hydrogen-bond donors (Lipinski definition) is 2. The summed E-state index contributed by atoms with van der Waals surface area (Å²) in [6.07, 6.45) is 1.37. The van der Waals surface area contributed by atoms with E-state index in [1.165, 1.54) is 20.1 Å². The zero-order valence-electron chi connectivity index (χ0n) is 17.4. The summed E-state index contributed by atoms with van der Waals surface area (Å²) in [5.74, 6) is -0.656. The van der Waals surface area contributed by atoms with Gasteiger partial charge >= 0.3 is 12.0 Å². The minimum Gasteiger partial charge on any atom is -0.493 e. The number of hydrogen-bond acceptors (Lipinski definition) is 6. The van der Waals surface area contributed by atoms with E-state index in [4.69, 9.17) is 25.8 Å². The predicted octanol–water partition coefficient (Wildman–Crippen LogP) is 3.31. The Morgan fingerprint density at radius 3 is 2.31 bits per heavy atom. The molecule has 3 amide bonds. The summed E-state index contributed by atoms with van der Waals surface area (Å²) in [6.45, 7) is 8.59. The summed E-state index contributed by atoms with van der Waals surface area (Å²) in [7, 11) is 1.48. The highest BCUT2D eigenvalue weighted by Crippen LogP contribution is 2.37. The molecule has 1 aromatic carbocycles. The summed E-state index contributed by atoms with van der Waals surface area (Å²) >= 11 is 6.24. The molecule has 0 radical (unpaired) electrons. The highest BCUT2D eigenvalue weighted by atomic mass is 35.5. The lowest BCUT2D eigenvalue weighted by Gasteiger charge is -2.15. The number of halogens is 1. The topological polar surface area (TPSA) is 103 Å². The number of imide groups is 1. The molecular weight excluding hydrogens is 400 g/mol. The Balaban J connectivity index is 2.75. The SMILES string of the molecule is COc1cc(/C=C/C(=O)O[C@H](C)C(=O)NC(=O)NC(C)C)cc(Cl)c1OC(C)C. The van der Waals surface area contributed by atoms with Crippen molar-refractivity contribution in [2.75, 3.05) is 7.11 Å². The van der Waals surface area contributed by atoms with Crippen molar-refractivity contribution in [3.05, 3.63) is 28.8 Å². The van der Waals surface area contributed by atoms with Crippen molar-refractivity contribution in [1.29, 1.82) is 0 Å². The molecule has 0 saturated carbocycles. The summed E-state index contributed by atoms with van der Waals surface area (Å²) in [4.78, 5) is 35.4. The number of carbonyl (C=O) groups is 3. The average molecular weight is 427 g/mol. The number of esters is 1. The van der Waals surface area contributed by atoms with Crippen LogP contribution in [0.4, 0.5) is 4.79 Å². The fraction of sp³-hybridized carbons (Fsp3) is 0.450. The Morgan fingerprint density at radius 2 is 1.76 bits per heavy atom. The van der Waals surface area contributed by atoms with Crippen LogP contribution in [-0.2, 0) is 14.3 Å². The lowest BCUT2D eigenvalue weighted by Crippen LogP contribution is -2.46. The second-order valence-corrected chi connectivity index (χ2v) is 7.14. The Morgan fingerprint density at radius 1 is 1.10 bits per heavy atom. The van der Waals surface area contributed by atoms with Gasteiger partial charge < -0.3 is 19.5 Å². The van der Waals surface area contributed by atoms with Crippen LogP contribution in [0.15, 0.2) is 18.2 Å². The highest BCUT2D eigenvalue weighted by molar-refractivity contribution is 6.32. The van der Waals surface area contributed by atoms with Gasteiger partial charge in [0.05, 0.1) is 18.2 Å². The van der Waals surface area contributed by atoms with Gasteiger partial charge in [0, 0.05) is 12.1 Å². The fourth-order valence-electron chi connectivity index (χ4n) is 2.13. The van der Waals surface area contributed by atoms with E-state index in [9.17, 15) is 14.4 Å². The highest BCUT2D eigenvalue weighted by Gasteiger charge is 2.19. The molecule has 0 aromatic heterocycles. The average Bonchev–Trinajstić information content (AvgIpc) is 2.60. The first-order chi connectivity index (χ1) is 13.5. The maximum Gasteiger partial charge on any atom is 0.331 e. The molecule has 0 saturated heterocycles. The van der Waals surface area contributed by atoms with E-state index in [1.807, 2.05) is 13.8 Å². The first kappa shape index (κ1) is 24.3. The van der Waals surface area contributed by atoms with E-state index in [1.54, 1.807) is 26.0 Å². The van der Waals surface area contributed by atoms with Crippen molar-refractivity contribution in [1.82, 2.24) is 10.6 Å². The van der Waals surface area contributed by atoms with E-state index in [2.05, 4.69) is 10.6 Å². The van der Waals surface area contributed by atoms with Crippen molar-refractivity contribution >= 4 is 35.6 Å². The van der Waals surface area contributed by atoms with Crippen LogP contribution in [0.25, 0.3) is 6.08 Å². The molecule has 0 aliphatic rings. The number of benzene rings is 1. The van der Waals surface area contributed by atoms with Crippen LogP contribution in [0, 0.1) is 0 Å². The molecule has 8 nitrogen and oxygen atoms in total. The van der Waals surface area contributed by atoms with E-state index in [-0.39, 0.29) is 12.1 Å². The number of nitrogens with one attached hydrogen (secondary N) is 2. The molecule has 2 N–H and O–H groups in total. The van der Waals surface area contributed by atoms with Gasteiger partial charge in [-0.1, -0.05) is 11.6 Å². The van der Waals surface area contributed by atoms with Gasteiger partial charge in [0.2, 0.25) is 0 Å². The molecule has 1 rings (SSSR count). The molecule has 0 fully saturated rings. The molecule has 0 unspecified atom stereocenters. The van der Waals surface area contributed by atoms with E-state index in [0.29, 0.717) is 22.1 Å². The standard InChI is InChI=1S/C20H27ClN2O6/c1-11(2)22-20(26)23-19(25)13(5)29-17(24)8-7-14-9-15(21)18(28-12(3)4)16(10-14)27-6/h7-13H,1-6H3,(H2,22,23,25,26)/b8-7+/t13-/m1/s1. The fourth-order valence-corrected chi connectivity index (χ4v) is 2.39. The van der Waals surface area contributed by atoms with Crippen molar-refractivity contribution in [3.63, 3.8) is 0 Å². The monoisotopic (exact) mass is 426 g/mol. The second kappa shape index (κ2) is 11.3. The molecule has 9 heteroatoms. The van der Waals surface area contributed by atoms with Crippen LogP contribution in [0.5, 0.6) is 11.5 Å². The maximum atomic E-state index is 12.0. The lowest BCUT2D eigenvalue weighted by atomic mass is 10.2. The molecule has 0 aliphatic carbocycles. The Hall–Kier alpha value is -2.74. The Labute approximate surface area is 175 Å². The van der Waals surface area contributed by atoms with Crippen LogP contribution in [0.3, 0.4) is 0 Å². The first-order valence-corrected chi connectivity index (χ1v) is 9.45. The summed E-state index contributed by atoms with van der Waals surface area (Å²) in [5, 5.41) is 4.93. The number of rotatable bonds is 8. The number of urea groups is 1. The molecule has 1 aromatic rings. The third-order valence-electron chi connectivity index (χ3n) is 3.34. The number of amides is 3. The van der Waals surface area contributed by atoms with Gasteiger partial charge in [0.1, 0.15) is 0 Å². The third kappa shape index (κ3) is 8.43. The normalized spacial score (nSPS) is 12.0. The van der Waals surface area contributed by atoms with Crippen molar-refractivity contribution < 1.29 is 28.6 Å². The lowest BCUT2D eigenvalue weighted by molar-refractivity contribution is -0.149. The minimum absolute atomic E-state index is 0.0898. The van der Waals surface area contributed by atoms with Crippen molar-refractivity contribution in [2.45, 2.75) is 52.9 Å². The first-order valence-electron chi connectivity index (χ1n) is 9.07. The molecular formula is C20H27ClN2O6. The number of carbonyl (C=O) groups excluding carboxylic acids is 3. The molecule has 0 aliphatic heterocycles. The van der Waals surface area contributed by atoms with Gasteiger partial charge in [-0.2, -0.15) is 0 Å². The summed E-state index contributed by atoms with van der Waals surface area (Å²) < 4.78 is 15.9. The Kier molecular flexibility index (Phi) is 9.47. The van der Waals surface area contributed by atoms with Gasteiger partial charge in [-0.05, 0) is 58.4 Å². The van der Waals surface area contributed by atoms with Gasteiger partial charge in [0.15, 0.2) is 17.6 Å². The summed E-state index contributed by atoms with van der Waals surface area (Å²) in [6, 6.07) is 2.47. The number of ether oxygens (including phenoxy) is 3.